The van der Waals surface area contributed by atoms with E-state index >= 15 is 0 Å². The number of benzene rings is 3. The van der Waals surface area contributed by atoms with E-state index < -0.39 is 19.5 Å². The number of amides is 1. The Labute approximate surface area is 223 Å². The molecule has 2 aromatic carbocycles. The zero-order chi connectivity index (χ0) is 28.2. The number of aromatic carboxylic acids is 1. The van der Waals surface area contributed by atoms with Gasteiger partial charge in [-0.15, -0.1) is 0 Å². The van der Waals surface area contributed by atoms with Crippen LogP contribution in [0.1, 0.15) is 46.4 Å². The highest BCUT2D eigenvalue weighted by molar-refractivity contribution is 7.50. The van der Waals surface area contributed by atoms with Crippen LogP contribution in [0.2, 0.25) is 0 Å². The lowest BCUT2D eigenvalue weighted by atomic mass is 9.90. The molecule has 4 rings (SSSR count). The van der Waals surface area contributed by atoms with E-state index in [1.54, 1.807) is 18.2 Å². The molecular formula is C28H27NO9P-. The molecule has 0 spiro atoms. The maximum absolute atomic E-state index is 12.7. The summed E-state index contributed by atoms with van der Waals surface area (Å²) >= 11 is 0. The van der Waals surface area contributed by atoms with Crippen molar-refractivity contribution in [2.24, 2.45) is 0 Å². The van der Waals surface area contributed by atoms with Crippen molar-refractivity contribution in [2.45, 2.75) is 25.7 Å². The quantitative estimate of drug-likeness (QED) is 0.138. The first kappa shape index (κ1) is 28.0. The van der Waals surface area contributed by atoms with Crippen molar-refractivity contribution in [1.29, 1.82) is 0 Å². The number of carbonyl (C=O) groups excluding carboxylic acids is 1. The molecule has 1 aliphatic carbocycles. The van der Waals surface area contributed by atoms with Crippen molar-refractivity contribution in [3.63, 3.8) is 0 Å². The predicted molar refractivity (Wildman–Crippen MR) is 143 cm³/mol. The van der Waals surface area contributed by atoms with Crippen molar-refractivity contribution < 1.29 is 38.2 Å². The number of phenols is 1. The summed E-state index contributed by atoms with van der Waals surface area (Å²) in [4.78, 5) is 48.0. The summed E-state index contributed by atoms with van der Waals surface area (Å²) in [6.07, 6.45) is 2.75. The minimum atomic E-state index is -3.71. The van der Waals surface area contributed by atoms with Crippen molar-refractivity contribution in [1.82, 2.24) is 5.32 Å². The number of carbonyl (C=O) groups is 2. The molecule has 0 saturated heterocycles. The van der Waals surface area contributed by atoms with Crippen molar-refractivity contribution in [3.8, 4) is 28.2 Å². The van der Waals surface area contributed by atoms with E-state index in [4.69, 9.17) is 8.94 Å². The Morgan fingerprint density at radius 1 is 1.00 bits per heavy atom. The molecule has 0 aromatic heterocycles. The Bertz CT molecular complexity index is 1600. The fraction of sp³-hybridized carbons (Fsp3) is 0.250. The van der Waals surface area contributed by atoms with Gasteiger partial charge in [0.05, 0.1) is 12.2 Å². The minimum Gasteiger partial charge on any atom is -0.779 e. The first-order chi connectivity index (χ1) is 18.5. The van der Waals surface area contributed by atoms with Gasteiger partial charge < -0.3 is 33.9 Å². The summed E-state index contributed by atoms with van der Waals surface area (Å²) < 4.78 is 21.5. The van der Waals surface area contributed by atoms with Gasteiger partial charge in [0.25, 0.3) is 5.91 Å². The molecule has 3 N–H and O–H groups in total. The van der Waals surface area contributed by atoms with Crippen LogP contribution in [-0.2, 0) is 9.09 Å². The fourth-order valence-corrected chi connectivity index (χ4v) is 4.81. The lowest BCUT2D eigenvalue weighted by Crippen LogP contribution is -2.24. The number of carboxylic acids is 1. The first-order valence-electron chi connectivity index (χ1n) is 12.3. The maximum atomic E-state index is 12.7. The van der Waals surface area contributed by atoms with E-state index in [9.17, 15) is 34.1 Å². The van der Waals surface area contributed by atoms with Gasteiger partial charge in [0, 0.05) is 47.4 Å². The minimum absolute atomic E-state index is 0.0529. The van der Waals surface area contributed by atoms with Crippen LogP contribution in [0.4, 0.5) is 0 Å². The van der Waals surface area contributed by atoms with E-state index in [1.165, 1.54) is 36.4 Å². The maximum Gasteiger partial charge on any atom is 0.336 e. The summed E-state index contributed by atoms with van der Waals surface area (Å²) in [5.74, 6) is -1.48. The Hall–Kier alpha value is -3.98. The summed E-state index contributed by atoms with van der Waals surface area (Å²) in [7, 11) is -3.71. The third kappa shape index (κ3) is 6.92. The van der Waals surface area contributed by atoms with E-state index in [2.05, 4.69) is 5.32 Å². The van der Waals surface area contributed by atoms with Crippen molar-refractivity contribution >= 4 is 30.4 Å². The van der Waals surface area contributed by atoms with E-state index in [-0.39, 0.29) is 40.3 Å². The summed E-state index contributed by atoms with van der Waals surface area (Å²) in [6.45, 7) is 1.53. The van der Waals surface area contributed by atoms with Gasteiger partial charge in [-0.25, -0.2) is 4.79 Å². The van der Waals surface area contributed by atoms with E-state index in [0.717, 1.165) is 19.5 Å². The second-order valence-corrected chi connectivity index (χ2v) is 11.0. The van der Waals surface area contributed by atoms with Crippen LogP contribution in [0.5, 0.6) is 5.75 Å². The first-order valence-corrected chi connectivity index (χ1v) is 14.3. The van der Waals surface area contributed by atoms with Gasteiger partial charge in [-0.3, -0.25) is 9.59 Å². The largest absolute Gasteiger partial charge is 0.779 e. The molecule has 0 radical (unpaired) electrons. The zero-order valence-corrected chi connectivity index (χ0v) is 22.0. The Kier molecular flexibility index (Phi) is 8.50. The van der Waals surface area contributed by atoms with Gasteiger partial charge in [0.1, 0.15) is 24.7 Å². The molecule has 2 aromatic rings. The van der Waals surface area contributed by atoms with Crippen LogP contribution in [0.3, 0.4) is 0 Å². The molecule has 0 fully saturated rings. The van der Waals surface area contributed by atoms with Gasteiger partial charge in [-0.2, -0.15) is 0 Å². The molecule has 10 nitrogen and oxygen atoms in total. The number of fused-ring (bicyclic) bond motifs is 2. The fourth-order valence-electron chi connectivity index (χ4n) is 4.34. The smallest absolute Gasteiger partial charge is 0.336 e. The van der Waals surface area contributed by atoms with E-state index in [1.807, 2.05) is 0 Å². The topological polar surface area (TPSA) is 166 Å². The molecule has 1 heterocycles. The Morgan fingerprint density at radius 2 is 1.74 bits per heavy atom. The number of hydrogen-bond acceptors (Lipinski definition) is 8. The highest BCUT2D eigenvalue weighted by Crippen LogP contribution is 2.42. The number of hydrogen-bond donors (Lipinski definition) is 3. The van der Waals surface area contributed by atoms with Gasteiger partial charge in [-0.1, -0.05) is 18.9 Å². The highest BCUT2D eigenvalue weighted by atomic mass is 31.2. The van der Waals surface area contributed by atoms with Crippen LogP contribution in [0.15, 0.2) is 63.8 Å². The van der Waals surface area contributed by atoms with Crippen LogP contribution in [0, 0.1) is 0 Å². The highest BCUT2D eigenvalue weighted by Gasteiger charge is 2.23. The van der Waals surface area contributed by atoms with Gasteiger partial charge >= 0.3 is 5.97 Å². The van der Waals surface area contributed by atoms with Gasteiger partial charge in [0.15, 0.2) is 5.43 Å². The van der Waals surface area contributed by atoms with Crippen LogP contribution in [-0.4, -0.2) is 41.9 Å². The lowest BCUT2D eigenvalue weighted by Gasteiger charge is -2.17. The average molecular weight is 552 g/mol. The Balaban J connectivity index is 1.56. The third-order valence-electron chi connectivity index (χ3n) is 6.14. The number of nitrogens with one attached hydrogen (secondary N) is 1. The zero-order valence-electron chi connectivity index (χ0n) is 21.1. The standard InChI is InChI=1S/C28H28NO9P/c1-39(35,36)37-13-5-3-2-4-12-29-27(32)17-6-9-20(23(14-17)28(33)34)26-21-10-7-18(30)15-24(21)38-25-16-19(31)8-11-22(25)26/h6-11,14-16,30H,2-5,12-13H2,1H3,(H,29,32)(H,33,34)(H,35,36)/p-1. The molecular weight excluding hydrogens is 525 g/mol. The van der Waals surface area contributed by atoms with E-state index in [0.29, 0.717) is 41.5 Å². The number of aromatic hydroxyl groups is 1. The normalized spacial score (nSPS) is 12.9. The summed E-state index contributed by atoms with van der Waals surface area (Å²) in [5.41, 5.74) is 1.38. The third-order valence-corrected chi connectivity index (χ3v) is 6.79. The van der Waals surface area contributed by atoms with Crippen LogP contribution in [0.25, 0.3) is 33.4 Å². The van der Waals surface area contributed by atoms with Crippen molar-refractivity contribution in [3.05, 3.63) is 75.9 Å². The number of unbranched alkanes of at least 4 members (excludes halogenated alkanes) is 3. The molecule has 11 heteroatoms. The second-order valence-electron chi connectivity index (χ2n) is 9.16. The molecule has 1 aliphatic heterocycles. The molecule has 204 valence electrons. The molecule has 39 heavy (non-hydrogen) atoms. The predicted octanol–water partition coefficient (Wildman–Crippen LogP) is 4.46. The summed E-state index contributed by atoms with van der Waals surface area (Å²) in [5, 5.41) is 23.3. The number of rotatable bonds is 11. The Morgan fingerprint density at radius 3 is 2.49 bits per heavy atom. The molecule has 1 unspecified atom stereocenters. The molecule has 0 saturated carbocycles. The number of phenolic OH excluding ortho intramolecular Hbond substituents is 1. The lowest BCUT2D eigenvalue weighted by molar-refractivity contribution is -0.196. The second kappa shape index (κ2) is 11.8. The van der Waals surface area contributed by atoms with Crippen LogP contribution < -0.4 is 15.6 Å². The molecule has 1 amide bonds. The summed E-state index contributed by atoms with van der Waals surface area (Å²) in [6, 6.07) is 13.0. The molecule has 0 bridgehead atoms. The average Bonchev–Trinajstić information content (AvgIpc) is 2.87. The molecule has 2 aliphatic rings. The SMILES string of the molecule is CP(=O)([O-])OCCCCCCNC(=O)c1ccc(-c2c3ccc(=O)cc-3oc3cc(O)ccc23)c(C(=O)O)c1. The van der Waals surface area contributed by atoms with Gasteiger partial charge in [-0.05, 0) is 54.8 Å². The van der Waals surface area contributed by atoms with Gasteiger partial charge in [0.2, 0.25) is 0 Å². The number of carboxylic acid groups (broad SMARTS) is 1. The van der Waals surface area contributed by atoms with Crippen molar-refractivity contribution in [2.75, 3.05) is 19.8 Å². The molecule has 1 atom stereocenters. The monoisotopic (exact) mass is 552 g/mol. The van der Waals surface area contributed by atoms with Crippen LogP contribution >= 0.6 is 7.60 Å².